The summed E-state index contributed by atoms with van der Waals surface area (Å²) in [5.41, 5.74) is -0.331. The predicted octanol–water partition coefficient (Wildman–Crippen LogP) is 4.25. The van der Waals surface area contributed by atoms with Crippen molar-refractivity contribution in [1.82, 2.24) is 15.5 Å². The Morgan fingerprint density at radius 1 is 1.17 bits per heavy atom. The van der Waals surface area contributed by atoms with Crippen LogP contribution < -0.4 is 10.6 Å². The fourth-order valence-electron chi connectivity index (χ4n) is 4.11. The summed E-state index contributed by atoms with van der Waals surface area (Å²) in [5, 5.41) is 6.57. The molecule has 166 valence electrons. The van der Waals surface area contributed by atoms with Gasteiger partial charge < -0.3 is 15.5 Å². The van der Waals surface area contributed by atoms with Crippen LogP contribution in [-0.4, -0.2) is 49.6 Å². The van der Waals surface area contributed by atoms with Crippen molar-refractivity contribution in [3.05, 3.63) is 35.4 Å². The number of likely N-dealkylation sites (tertiary alicyclic amines) is 1. The van der Waals surface area contributed by atoms with Crippen LogP contribution in [-0.2, 0) is 6.18 Å². The van der Waals surface area contributed by atoms with Crippen molar-refractivity contribution < 1.29 is 13.2 Å². The highest BCUT2D eigenvalue weighted by atomic mass is 127. The lowest BCUT2D eigenvalue weighted by atomic mass is 10.0. The molecule has 0 atom stereocenters. The third-order valence-corrected chi connectivity index (χ3v) is 5.70. The van der Waals surface area contributed by atoms with Gasteiger partial charge in [0.25, 0.3) is 0 Å². The van der Waals surface area contributed by atoms with Gasteiger partial charge in [-0.05, 0) is 43.9 Å². The second kappa shape index (κ2) is 11.8. The molecule has 0 radical (unpaired) electrons. The van der Waals surface area contributed by atoms with Crippen LogP contribution in [0.15, 0.2) is 29.3 Å². The van der Waals surface area contributed by atoms with Gasteiger partial charge in [0.05, 0.1) is 12.1 Å². The molecule has 1 aliphatic heterocycles. The van der Waals surface area contributed by atoms with Gasteiger partial charge in [0.2, 0.25) is 0 Å². The highest BCUT2D eigenvalue weighted by Gasteiger charge is 2.30. The van der Waals surface area contributed by atoms with Crippen molar-refractivity contribution in [3.63, 3.8) is 0 Å². The number of guanidine groups is 1. The Balaban J connectivity index is 0.00000320. The van der Waals surface area contributed by atoms with Gasteiger partial charge in [-0.3, -0.25) is 4.99 Å². The van der Waals surface area contributed by atoms with Crippen LogP contribution >= 0.6 is 24.0 Å². The summed E-state index contributed by atoms with van der Waals surface area (Å²) in [5.74, 6) is 6.33. The molecular weight excluding hydrogens is 504 g/mol. The van der Waals surface area contributed by atoms with Crippen molar-refractivity contribution >= 4 is 29.9 Å². The molecule has 0 amide bonds. The van der Waals surface area contributed by atoms with Crippen LogP contribution in [0.4, 0.5) is 13.2 Å². The van der Waals surface area contributed by atoms with Gasteiger partial charge in [0, 0.05) is 37.8 Å². The van der Waals surface area contributed by atoms with Gasteiger partial charge in [0.15, 0.2) is 5.96 Å². The van der Waals surface area contributed by atoms with E-state index < -0.39 is 11.7 Å². The lowest BCUT2D eigenvalue weighted by Crippen LogP contribution is -2.50. The molecule has 2 N–H and O–H groups in total. The molecule has 1 heterocycles. The van der Waals surface area contributed by atoms with E-state index in [9.17, 15) is 13.2 Å². The quantitative estimate of drug-likeness (QED) is 0.264. The Morgan fingerprint density at radius 2 is 1.87 bits per heavy atom. The van der Waals surface area contributed by atoms with Gasteiger partial charge in [-0.2, -0.15) is 13.2 Å². The van der Waals surface area contributed by atoms with Crippen molar-refractivity contribution in [1.29, 1.82) is 0 Å². The fraction of sp³-hybridized carbons (Fsp3) is 0.591. The van der Waals surface area contributed by atoms with E-state index in [0.717, 1.165) is 44.1 Å². The van der Waals surface area contributed by atoms with E-state index in [0.29, 0.717) is 24.1 Å². The molecule has 2 fully saturated rings. The molecule has 1 aromatic rings. The molecule has 1 aromatic carbocycles. The Morgan fingerprint density at radius 3 is 2.50 bits per heavy atom. The molecule has 0 spiro atoms. The molecule has 0 bridgehead atoms. The third kappa shape index (κ3) is 7.34. The second-order valence-corrected chi connectivity index (χ2v) is 7.70. The molecule has 8 heteroatoms. The Labute approximate surface area is 194 Å². The largest absolute Gasteiger partial charge is 0.416 e. The fourth-order valence-corrected chi connectivity index (χ4v) is 4.11. The molecule has 1 saturated carbocycles. The van der Waals surface area contributed by atoms with E-state index in [1.54, 1.807) is 13.1 Å². The summed E-state index contributed by atoms with van der Waals surface area (Å²) in [6.45, 7) is 2.56. The van der Waals surface area contributed by atoms with Crippen molar-refractivity contribution in [2.75, 3.05) is 26.7 Å². The topological polar surface area (TPSA) is 39.7 Å². The van der Waals surface area contributed by atoms with E-state index >= 15 is 0 Å². The molecule has 0 aromatic heterocycles. The van der Waals surface area contributed by atoms with Crippen LogP contribution in [0.5, 0.6) is 0 Å². The Hall–Kier alpha value is -1.47. The minimum absolute atomic E-state index is 0. The highest BCUT2D eigenvalue weighted by Crippen LogP contribution is 2.29. The lowest BCUT2D eigenvalue weighted by molar-refractivity contribution is -0.137. The minimum Gasteiger partial charge on any atom is -0.354 e. The summed E-state index contributed by atoms with van der Waals surface area (Å²) >= 11 is 0. The SMILES string of the molecule is CN=C(NCC#Cc1cccc(C(F)(F)F)c1)NC1CCN(C2CCCC2)CC1.I. The zero-order valence-corrected chi connectivity index (χ0v) is 19.6. The van der Waals surface area contributed by atoms with Crippen LogP contribution in [0.2, 0.25) is 0 Å². The average molecular weight is 534 g/mol. The second-order valence-electron chi connectivity index (χ2n) is 7.70. The van der Waals surface area contributed by atoms with Crippen molar-refractivity contribution in [3.8, 4) is 11.8 Å². The number of piperidine rings is 1. The van der Waals surface area contributed by atoms with Crippen molar-refractivity contribution in [2.24, 2.45) is 4.99 Å². The normalized spacial score (nSPS) is 19.0. The number of benzene rings is 1. The maximum atomic E-state index is 12.8. The van der Waals surface area contributed by atoms with E-state index in [2.05, 4.69) is 32.4 Å². The Bertz CT molecular complexity index is 756. The average Bonchev–Trinajstić information content (AvgIpc) is 3.25. The Kier molecular flexibility index (Phi) is 9.75. The summed E-state index contributed by atoms with van der Waals surface area (Å²) < 4.78 is 38.3. The molecule has 3 rings (SSSR count). The first-order valence-electron chi connectivity index (χ1n) is 10.3. The van der Waals surface area contributed by atoms with E-state index in [-0.39, 0.29) is 24.0 Å². The number of hydrogen-bond acceptors (Lipinski definition) is 2. The summed E-state index contributed by atoms with van der Waals surface area (Å²) in [4.78, 5) is 6.86. The first-order valence-corrected chi connectivity index (χ1v) is 10.3. The number of halogens is 4. The number of rotatable bonds is 3. The maximum absolute atomic E-state index is 12.8. The molecule has 0 unspecified atom stereocenters. The van der Waals surface area contributed by atoms with Crippen LogP contribution in [0, 0.1) is 11.8 Å². The van der Waals surface area contributed by atoms with Gasteiger partial charge in [-0.15, -0.1) is 24.0 Å². The number of nitrogens with one attached hydrogen (secondary N) is 2. The monoisotopic (exact) mass is 534 g/mol. The highest BCUT2D eigenvalue weighted by molar-refractivity contribution is 14.0. The van der Waals surface area contributed by atoms with Crippen LogP contribution in [0.1, 0.15) is 49.7 Å². The first kappa shape index (κ1) is 24.8. The number of hydrogen-bond donors (Lipinski definition) is 2. The van der Waals surface area contributed by atoms with E-state index in [1.807, 2.05) is 0 Å². The minimum atomic E-state index is -4.35. The third-order valence-electron chi connectivity index (χ3n) is 5.70. The van der Waals surface area contributed by atoms with Crippen LogP contribution in [0.25, 0.3) is 0 Å². The van der Waals surface area contributed by atoms with E-state index in [4.69, 9.17) is 0 Å². The standard InChI is InChI=1S/C22H29F3N4.HI/c1-26-21(28-19-11-14-29(15-12-19)20-9-2-3-10-20)27-13-5-7-17-6-4-8-18(16-17)22(23,24)25;/h4,6,8,16,19-20H,2-3,9-15H2,1H3,(H2,26,27,28);1H. The maximum Gasteiger partial charge on any atom is 0.416 e. The molecule has 4 nitrogen and oxygen atoms in total. The smallest absolute Gasteiger partial charge is 0.354 e. The predicted molar refractivity (Wildman–Crippen MR) is 125 cm³/mol. The number of aliphatic imine (C=N–C) groups is 1. The molecule has 2 aliphatic rings. The molecule has 30 heavy (non-hydrogen) atoms. The molecule has 1 saturated heterocycles. The lowest BCUT2D eigenvalue weighted by Gasteiger charge is -2.36. The van der Waals surface area contributed by atoms with Crippen LogP contribution in [0.3, 0.4) is 0 Å². The summed E-state index contributed by atoms with van der Waals surface area (Å²) in [6.07, 6.45) is 3.23. The van der Waals surface area contributed by atoms with Crippen molar-refractivity contribution in [2.45, 2.75) is 56.8 Å². The number of nitrogens with zero attached hydrogens (tertiary/aromatic N) is 2. The zero-order valence-electron chi connectivity index (χ0n) is 17.3. The number of alkyl halides is 3. The zero-order chi connectivity index (χ0) is 20.7. The summed E-state index contributed by atoms with van der Waals surface area (Å²) in [6, 6.07) is 6.23. The summed E-state index contributed by atoms with van der Waals surface area (Å²) in [7, 11) is 1.71. The van der Waals surface area contributed by atoms with E-state index in [1.165, 1.54) is 31.7 Å². The molecule has 1 aliphatic carbocycles. The van der Waals surface area contributed by atoms with Gasteiger partial charge in [-0.25, -0.2) is 0 Å². The van der Waals surface area contributed by atoms with Gasteiger partial charge >= 0.3 is 6.18 Å². The van der Waals surface area contributed by atoms with Gasteiger partial charge in [-0.1, -0.05) is 30.7 Å². The molecular formula is C22H30F3IN4. The van der Waals surface area contributed by atoms with Gasteiger partial charge in [0.1, 0.15) is 0 Å². The first-order chi connectivity index (χ1) is 14.0.